The molecule has 2 amide bonds. The molecule has 0 unspecified atom stereocenters. The summed E-state index contributed by atoms with van der Waals surface area (Å²) in [5.41, 5.74) is 5.24. The Balaban J connectivity index is 2.85. The molecule has 0 heterocycles. The smallest absolute Gasteiger partial charge is 0.253 e. The van der Waals surface area contributed by atoms with Crippen LogP contribution in [0, 0.1) is 5.82 Å². The molecule has 1 atom stereocenters. The predicted molar refractivity (Wildman–Crippen MR) is 60.2 cm³/mol. The highest BCUT2D eigenvalue weighted by atomic mass is 79.9. The molecule has 1 rings (SSSR count). The van der Waals surface area contributed by atoms with Gasteiger partial charge in [0.1, 0.15) is 11.9 Å². The average molecular weight is 289 g/mol. The third-order valence-electron chi connectivity index (χ3n) is 1.95. The Bertz CT molecular complexity index is 437. The Hall–Kier alpha value is -1.43. The van der Waals surface area contributed by atoms with E-state index in [2.05, 4.69) is 21.2 Å². The molecule has 1 aromatic carbocycles. The Morgan fingerprint density at radius 2 is 2.12 bits per heavy atom. The second-order valence-corrected chi connectivity index (χ2v) is 4.08. The molecule has 0 bridgehead atoms. The van der Waals surface area contributed by atoms with E-state index in [9.17, 15) is 14.0 Å². The molecular formula is C10H10BrFN2O2. The van der Waals surface area contributed by atoms with Gasteiger partial charge in [-0.3, -0.25) is 9.59 Å². The maximum atomic E-state index is 12.8. The largest absolute Gasteiger partial charge is 0.368 e. The zero-order chi connectivity index (χ0) is 12.3. The first-order valence-electron chi connectivity index (χ1n) is 4.47. The van der Waals surface area contributed by atoms with Crippen LogP contribution >= 0.6 is 15.9 Å². The lowest BCUT2D eigenvalue weighted by Gasteiger charge is -2.10. The normalized spacial score (nSPS) is 11.9. The number of hydrogen-bond donors (Lipinski definition) is 2. The van der Waals surface area contributed by atoms with Crippen molar-refractivity contribution in [1.29, 1.82) is 0 Å². The Labute approximate surface area is 100 Å². The topological polar surface area (TPSA) is 72.2 Å². The van der Waals surface area contributed by atoms with Crippen molar-refractivity contribution in [2.45, 2.75) is 13.0 Å². The third kappa shape index (κ3) is 3.03. The first kappa shape index (κ1) is 12.6. The van der Waals surface area contributed by atoms with E-state index in [0.29, 0.717) is 4.47 Å². The van der Waals surface area contributed by atoms with Crippen molar-refractivity contribution in [2.24, 2.45) is 5.73 Å². The molecule has 1 aromatic rings. The molecule has 0 aliphatic carbocycles. The van der Waals surface area contributed by atoms with Gasteiger partial charge in [0.05, 0.1) is 5.56 Å². The van der Waals surface area contributed by atoms with E-state index in [4.69, 9.17) is 5.73 Å². The number of halogens is 2. The molecule has 16 heavy (non-hydrogen) atoms. The number of carbonyl (C=O) groups is 2. The highest BCUT2D eigenvalue weighted by molar-refractivity contribution is 9.10. The van der Waals surface area contributed by atoms with Gasteiger partial charge in [-0.1, -0.05) is 0 Å². The Morgan fingerprint density at radius 1 is 1.50 bits per heavy atom. The van der Waals surface area contributed by atoms with E-state index >= 15 is 0 Å². The molecule has 0 aliphatic rings. The summed E-state index contributed by atoms with van der Waals surface area (Å²) in [5, 5.41) is 2.39. The lowest BCUT2D eigenvalue weighted by molar-refractivity contribution is -0.119. The SMILES string of the molecule is C[C@@H](NC(=O)c1ccc(F)cc1Br)C(N)=O. The summed E-state index contributed by atoms with van der Waals surface area (Å²) in [4.78, 5) is 22.4. The van der Waals surface area contributed by atoms with E-state index in [-0.39, 0.29) is 5.56 Å². The van der Waals surface area contributed by atoms with Gasteiger partial charge in [0.2, 0.25) is 5.91 Å². The zero-order valence-electron chi connectivity index (χ0n) is 8.46. The molecule has 0 spiro atoms. The fraction of sp³-hybridized carbons (Fsp3) is 0.200. The van der Waals surface area contributed by atoms with Crippen molar-refractivity contribution in [1.82, 2.24) is 5.32 Å². The van der Waals surface area contributed by atoms with E-state index in [1.807, 2.05) is 0 Å². The van der Waals surface area contributed by atoms with Crippen molar-refractivity contribution in [3.05, 3.63) is 34.1 Å². The van der Waals surface area contributed by atoms with Crippen molar-refractivity contribution in [2.75, 3.05) is 0 Å². The summed E-state index contributed by atoms with van der Waals surface area (Å²) in [5.74, 6) is -1.57. The van der Waals surface area contributed by atoms with Gasteiger partial charge >= 0.3 is 0 Å². The maximum absolute atomic E-state index is 12.8. The van der Waals surface area contributed by atoms with Crippen molar-refractivity contribution in [3.8, 4) is 0 Å². The van der Waals surface area contributed by atoms with Crippen LogP contribution in [0.15, 0.2) is 22.7 Å². The second kappa shape index (κ2) is 5.07. The lowest BCUT2D eigenvalue weighted by Crippen LogP contribution is -2.42. The van der Waals surface area contributed by atoms with Gasteiger partial charge in [0, 0.05) is 4.47 Å². The third-order valence-corrected chi connectivity index (χ3v) is 2.61. The number of benzene rings is 1. The van der Waals surface area contributed by atoms with Crippen LogP contribution in [0.5, 0.6) is 0 Å². The van der Waals surface area contributed by atoms with Crippen LogP contribution in [0.25, 0.3) is 0 Å². The number of nitrogens with one attached hydrogen (secondary N) is 1. The highest BCUT2D eigenvalue weighted by Gasteiger charge is 2.15. The zero-order valence-corrected chi connectivity index (χ0v) is 10.0. The summed E-state index contributed by atoms with van der Waals surface area (Å²) >= 11 is 3.06. The number of nitrogens with two attached hydrogens (primary N) is 1. The van der Waals surface area contributed by atoms with E-state index in [1.54, 1.807) is 0 Å². The molecule has 0 radical (unpaired) electrons. The predicted octanol–water partition coefficient (Wildman–Crippen LogP) is 1.19. The number of carbonyl (C=O) groups excluding carboxylic acids is 2. The first-order chi connectivity index (χ1) is 7.41. The minimum atomic E-state index is -0.774. The van der Waals surface area contributed by atoms with Crippen LogP contribution in [0.1, 0.15) is 17.3 Å². The minimum absolute atomic E-state index is 0.245. The number of hydrogen-bond acceptors (Lipinski definition) is 2. The summed E-state index contributed by atoms with van der Waals surface area (Å²) in [6, 6.07) is 2.88. The number of primary amides is 1. The summed E-state index contributed by atoms with van der Waals surface area (Å²) in [6.45, 7) is 1.47. The van der Waals surface area contributed by atoms with Gasteiger partial charge in [-0.05, 0) is 41.1 Å². The lowest BCUT2D eigenvalue weighted by atomic mass is 10.2. The molecule has 0 fully saturated rings. The second-order valence-electron chi connectivity index (χ2n) is 3.22. The highest BCUT2D eigenvalue weighted by Crippen LogP contribution is 2.17. The van der Waals surface area contributed by atoms with Crippen molar-refractivity contribution in [3.63, 3.8) is 0 Å². The van der Waals surface area contributed by atoms with Crippen LogP contribution in [0.4, 0.5) is 4.39 Å². The van der Waals surface area contributed by atoms with Gasteiger partial charge in [-0.15, -0.1) is 0 Å². The summed E-state index contributed by atoms with van der Waals surface area (Å²) in [6.07, 6.45) is 0. The minimum Gasteiger partial charge on any atom is -0.368 e. The quantitative estimate of drug-likeness (QED) is 0.877. The molecule has 0 aliphatic heterocycles. The summed E-state index contributed by atoms with van der Waals surface area (Å²) < 4.78 is 13.1. The molecule has 3 N–H and O–H groups in total. The van der Waals surface area contributed by atoms with Gasteiger partial charge in [-0.2, -0.15) is 0 Å². The molecular weight excluding hydrogens is 279 g/mol. The fourth-order valence-electron chi connectivity index (χ4n) is 1.02. The van der Waals surface area contributed by atoms with Crippen molar-refractivity contribution >= 4 is 27.7 Å². The Kier molecular flexibility index (Phi) is 4.00. The van der Waals surface area contributed by atoms with Gasteiger partial charge in [0.15, 0.2) is 0 Å². The first-order valence-corrected chi connectivity index (χ1v) is 5.26. The van der Waals surface area contributed by atoms with E-state index in [1.165, 1.54) is 19.1 Å². The van der Waals surface area contributed by atoms with Crippen LogP contribution in [-0.4, -0.2) is 17.9 Å². The summed E-state index contributed by atoms with van der Waals surface area (Å²) in [7, 11) is 0. The van der Waals surface area contributed by atoms with Gasteiger partial charge in [0.25, 0.3) is 5.91 Å². The van der Waals surface area contributed by atoms with Crippen molar-refractivity contribution < 1.29 is 14.0 Å². The van der Waals surface area contributed by atoms with E-state index < -0.39 is 23.7 Å². The maximum Gasteiger partial charge on any atom is 0.253 e. The van der Waals surface area contributed by atoms with Crippen LogP contribution in [0.2, 0.25) is 0 Å². The number of amides is 2. The molecule has 6 heteroatoms. The van der Waals surface area contributed by atoms with Gasteiger partial charge < -0.3 is 11.1 Å². The molecule has 0 saturated carbocycles. The van der Waals surface area contributed by atoms with Crippen LogP contribution in [0.3, 0.4) is 0 Å². The van der Waals surface area contributed by atoms with Crippen LogP contribution < -0.4 is 11.1 Å². The number of rotatable bonds is 3. The average Bonchev–Trinajstić information content (AvgIpc) is 2.16. The molecule has 86 valence electrons. The molecule has 0 aromatic heterocycles. The van der Waals surface area contributed by atoms with E-state index in [0.717, 1.165) is 6.07 Å². The van der Waals surface area contributed by atoms with Gasteiger partial charge in [-0.25, -0.2) is 4.39 Å². The fourth-order valence-corrected chi connectivity index (χ4v) is 1.55. The monoisotopic (exact) mass is 288 g/mol. The standard InChI is InChI=1S/C10H10BrFN2O2/c1-5(9(13)15)14-10(16)7-3-2-6(12)4-8(7)11/h2-5H,1H3,(H2,13,15)(H,14,16)/t5-/m1/s1. The molecule has 4 nitrogen and oxygen atoms in total. The Morgan fingerprint density at radius 3 is 2.62 bits per heavy atom. The van der Waals surface area contributed by atoms with Crippen LogP contribution in [-0.2, 0) is 4.79 Å². The molecule has 0 saturated heterocycles.